The summed E-state index contributed by atoms with van der Waals surface area (Å²) < 4.78 is 2.19. The minimum atomic E-state index is 0.855. The molecule has 0 aliphatic heterocycles. The van der Waals surface area contributed by atoms with Crippen molar-refractivity contribution in [2.24, 2.45) is 11.8 Å². The Hall–Kier alpha value is -0.830. The first-order chi connectivity index (χ1) is 7.27. The molecule has 1 aromatic rings. The summed E-state index contributed by atoms with van der Waals surface area (Å²) in [6, 6.07) is 0. The van der Waals surface area contributed by atoms with Gasteiger partial charge in [-0.15, -0.1) is 0 Å². The average Bonchev–Trinajstić information content (AvgIpc) is 2.99. The van der Waals surface area contributed by atoms with Gasteiger partial charge in [-0.05, 0) is 38.1 Å². The van der Waals surface area contributed by atoms with E-state index in [0.717, 1.165) is 30.7 Å². The lowest BCUT2D eigenvalue weighted by atomic mass is 10.1. The van der Waals surface area contributed by atoms with Crippen LogP contribution in [-0.2, 0) is 6.54 Å². The number of aryl methyl sites for hydroxylation is 1. The normalized spacial score (nSPS) is 18.0. The van der Waals surface area contributed by atoms with E-state index in [1.807, 2.05) is 19.3 Å². The topological polar surface area (TPSA) is 29.9 Å². The molecule has 1 aromatic heterocycles. The van der Waals surface area contributed by atoms with Crippen molar-refractivity contribution >= 4 is 0 Å². The highest BCUT2D eigenvalue weighted by molar-refractivity contribution is 4.88. The number of rotatable bonds is 6. The lowest BCUT2D eigenvalue weighted by Crippen LogP contribution is -2.26. The van der Waals surface area contributed by atoms with Crippen LogP contribution < -0.4 is 5.32 Å². The van der Waals surface area contributed by atoms with Gasteiger partial charge >= 0.3 is 0 Å². The third kappa shape index (κ3) is 3.06. The zero-order valence-electron chi connectivity index (χ0n) is 9.74. The summed E-state index contributed by atoms with van der Waals surface area (Å²) in [7, 11) is 0. The number of nitrogens with one attached hydrogen (secondary N) is 1. The molecule has 1 aliphatic rings. The first-order valence-electron chi connectivity index (χ1n) is 5.96. The zero-order valence-corrected chi connectivity index (χ0v) is 9.74. The Bertz CT molecular complexity index is 302. The van der Waals surface area contributed by atoms with E-state index in [1.165, 1.54) is 19.4 Å². The van der Waals surface area contributed by atoms with Crippen molar-refractivity contribution in [1.82, 2.24) is 14.9 Å². The van der Waals surface area contributed by atoms with Crippen LogP contribution in [0.25, 0.3) is 0 Å². The fraction of sp³-hybridized carbons (Fsp3) is 0.750. The Labute approximate surface area is 91.9 Å². The predicted octanol–water partition coefficient (Wildman–Crippen LogP) is 1.83. The number of imidazole rings is 1. The smallest absolute Gasteiger partial charge is 0.105 e. The summed E-state index contributed by atoms with van der Waals surface area (Å²) >= 11 is 0. The molecule has 0 bridgehead atoms. The highest BCUT2D eigenvalue weighted by Crippen LogP contribution is 2.35. The number of hydrogen-bond acceptors (Lipinski definition) is 2. The molecule has 0 saturated heterocycles. The van der Waals surface area contributed by atoms with Gasteiger partial charge in [-0.25, -0.2) is 4.98 Å². The van der Waals surface area contributed by atoms with E-state index in [4.69, 9.17) is 0 Å². The lowest BCUT2D eigenvalue weighted by Gasteiger charge is -2.11. The van der Waals surface area contributed by atoms with Crippen LogP contribution in [-0.4, -0.2) is 22.6 Å². The molecule has 15 heavy (non-hydrogen) atoms. The van der Waals surface area contributed by atoms with Crippen molar-refractivity contribution in [3.63, 3.8) is 0 Å². The van der Waals surface area contributed by atoms with E-state index in [2.05, 4.69) is 21.8 Å². The predicted molar refractivity (Wildman–Crippen MR) is 61.7 cm³/mol. The van der Waals surface area contributed by atoms with Gasteiger partial charge in [0.15, 0.2) is 0 Å². The standard InChI is InChI=1S/C12H21N3/c1-10(12-3-4-12)9-13-5-7-15-8-6-14-11(15)2/h6,8,10,12-13H,3-5,7,9H2,1-2H3. The van der Waals surface area contributed by atoms with E-state index in [9.17, 15) is 0 Å². The second-order valence-corrected chi connectivity index (χ2v) is 4.69. The molecule has 1 fully saturated rings. The molecule has 84 valence electrons. The van der Waals surface area contributed by atoms with Crippen molar-refractivity contribution in [3.8, 4) is 0 Å². The molecule has 0 spiro atoms. The second-order valence-electron chi connectivity index (χ2n) is 4.69. The summed E-state index contributed by atoms with van der Waals surface area (Å²) in [5.74, 6) is 2.97. The minimum absolute atomic E-state index is 0.855. The monoisotopic (exact) mass is 207 g/mol. The molecular formula is C12H21N3. The molecular weight excluding hydrogens is 186 g/mol. The first kappa shape index (κ1) is 10.7. The summed E-state index contributed by atoms with van der Waals surface area (Å²) in [4.78, 5) is 4.20. The maximum atomic E-state index is 4.20. The van der Waals surface area contributed by atoms with E-state index in [1.54, 1.807) is 0 Å². The minimum Gasteiger partial charge on any atom is -0.334 e. The summed E-state index contributed by atoms with van der Waals surface area (Å²) in [6.45, 7) is 7.65. The molecule has 0 radical (unpaired) electrons. The molecule has 0 aromatic carbocycles. The Balaban J connectivity index is 1.60. The van der Waals surface area contributed by atoms with Crippen LogP contribution in [0.4, 0.5) is 0 Å². The van der Waals surface area contributed by atoms with Gasteiger partial charge in [-0.3, -0.25) is 0 Å². The van der Waals surface area contributed by atoms with Gasteiger partial charge in [-0.1, -0.05) is 6.92 Å². The van der Waals surface area contributed by atoms with Gasteiger partial charge in [0.1, 0.15) is 5.82 Å². The van der Waals surface area contributed by atoms with Crippen LogP contribution in [0.15, 0.2) is 12.4 Å². The molecule has 1 saturated carbocycles. The SMILES string of the molecule is Cc1nccn1CCNCC(C)C1CC1. The number of hydrogen-bond donors (Lipinski definition) is 1. The summed E-state index contributed by atoms with van der Waals surface area (Å²) in [5, 5.41) is 3.52. The van der Waals surface area contributed by atoms with E-state index in [0.29, 0.717) is 0 Å². The average molecular weight is 207 g/mol. The second kappa shape index (κ2) is 4.79. The van der Waals surface area contributed by atoms with Crippen LogP contribution in [0.5, 0.6) is 0 Å². The lowest BCUT2D eigenvalue weighted by molar-refractivity contribution is 0.451. The molecule has 0 amide bonds. The maximum Gasteiger partial charge on any atom is 0.105 e. The molecule has 1 unspecified atom stereocenters. The maximum absolute atomic E-state index is 4.20. The van der Waals surface area contributed by atoms with Crippen LogP contribution in [0.3, 0.4) is 0 Å². The summed E-state index contributed by atoms with van der Waals surface area (Å²) in [5.41, 5.74) is 0. The van der Waals surface area contributed by atoms with Crippen molar-refractivity contribution < 1.29 is 0 Å². The van der Waals surface area contributed by atoms with Gasteiger partial charge in [0, 0.05) is 25.5 Å². The van der Waals surface area contributed by atoms with Crippen LogP contribution in [0, 0.1) is 18.8 Å². The molecule has 1 heterocycles. The van der Waals surface area contributed by atoms with Gasteiger partial charge in [-0.2, -0.15) is 0 Å². The molecule has 3 heteroatoms. The third-order valence-electron chi connectivity index (χ3n) is 3.35. The van der Waals surface area contributed by atoms with Crippen molar-refractivity contribution in [1.29, 1.82) is 0 Å². The Morgan fingerprint density at radius 2 is 2.40 bits per heavy atom. The number of nitrogens with zero attached hydrogens (tertiary/aromatic N) is 2. The molecule has 1 N–H and O–H groups in total. The zero-order chi connectivity index (χ0) is 10.7. The summed E-state index contributed by atoms with van der Waals surface area (Å²) in [6.07, 6.45) is 6.80. The molecule has 1 aliphatic carbocycles. The van der Waals surface area contributed by atoms with Crippen molar-refractivity contribution in [2.75, 3.05) is 13.1 Å². The fourth-order valence-electron chi connectivity index (χ4n) is 2.00. The largest absolute Gasteiger partial charge is 0.334 e. The van der Waals surface area contributed by atoms with Gasteiger partial charge in [0.2, 0.25) is 0 Å². The van der Waals surface area contributed by atoms with Crippen LogP contribution in [0.2, 0.25) is 0 Å². The van der Waals surface area contributed by atoms with E-state index in [-0.39, 0.29) is 0 Å². The number of aromatic nitrogens is 2. The van der Waals surface area contributed by atoms with E-state index < -0.39 is 0 Å². The Kier molecular flexibility index (Phi) is 3.41. The van der Waals surface area contributed by atoms with Crippen LogP contribution >= 0.6 is 0 Å². The van der Waals surface area contributed by atoms with Gasteiger partial charge < -0.3 is 9.88 Å². The third-order valence-corrected chi connectivity index (χ3v) is 3.35. The van der Waals surface area contributed by atoms with Crippen molar-refractivity contribution in [2.45, 2.75) is 33.2 Å². The molecule has 3 nitrogen and oxygen atoms in total. The Morgan fingerprint density at radius 1 is 1.60 bits per heavy atom. The fourth-order valence-corrected chi connectivity index (χ4v) is 2.00. The highest BCUT2D eigenvalue weighted by Gasteiger charge is 2.27. The van der Waals surface area contributed by atoms with Crippen molar-refractivity contribution in [3.05, 3.63) is 18.2 Å². The first-order valence-corrected chi connectivity index (χ1v) is 5.96. The van der Waals surface area contributed by atoms with Crippen LogP contribution in [0.1, 0.15) is 25.6 Å². The van der Waals surface area contributed by atoms with E-state index >= 15 is 0 Å². The highest BCUT2D eigenvalue weighted by atomic mass is 15.1. The van der Waals surface area contributed by atoms with Gasteiger partial charge in [0.25, 0.3) is 0 Å². The van der Waals surface area contributed by atoms with Gasteiger partial charge in [0.05, 0.1) is 0 Å². The molecule has 2 rings (SSSR count). The quantitative estimate of drug-likeness (QED) is 0.721. The Morgan fingerprint density at radius 3 is 3.00 bits per heavy atom. The molecule has 1 atom stereocenters.